The van der Waals surface area contributed by atoms with Gasteiger partial charge in [-0.15, -0.1) is 0 Å². The van der Waals surface area contributed by atoms with Gasteiger partial charge < -0.3 is 10.5 Å². The lowest BCUT2D eigenvalue weighted by Gasteiger charge is -2.22. The molecule has 0 amide bonds. The Morgan fingerprint density at radius 2 is 2.33 bits per heavy atom. The summed E-state index contributed by atoms with van der Waals surface area (Å²) in [6.07, 6.45) is 5.43. The van der Waals surface area contributed by atoms with E-state index < -0.39 is 10.0 Å². The molecule has 0 aromatic carbocycles. The zero-order chi connectivity index (χ0) is 15.3. The molecule has 116 valence electrons. The van der Waals surface area contributed by atoms with Gasteiger partial charge in [0.05, 0.1) is 6.10 Å². The number of sulfonamides is 1. The van der Waals surface area contributed by atoms with E-state index in [4.69, 9.17) is 22.7 Å². The zero-order valence-electron chi connectivity index (χ0n) is 11.6. The summed E-state index contributed by atoms with van der Waals surface area (Å²) in [4.78, 5) is 3.91. The highest BCUT2D eigenvalue weighted by atomic mass is 32.2. The quantitative estimate of drug-likeness (QED) is 0.755. The van der Waals surface area contributed by atoms with Crippen molar-refractivity contribution >= 4 is 27.2 Å². The number of nitrogens with one attached hydrogen (secondary N) is 1. The van der Waals surface area contributed by atoms with Crippen LogP contribution in [0.2, 0.25) is 0 Å². The van der Waals surface area contributed by atoms with E-state index in [1.165, 1.54) is 12.3 Å². The van der Waals surface area contributed by atoms with Crippen LogP contribution in [-0.2, 0) is 14.8 Å². The number of rotatable bonds is 6. The Hall–Kier alpha value is -1.09. The van der Waals surface area contributed by atoms with E-state index >= 15 is 0 Å². The summed E-state index contributed by atoms with van der Waals surface area (Å²) in [6.45, 7) is 1.07. The maximum absolute atomic E-state index is 12.3. The van der Waals surface area contributed by atoms with Gasteiger partial charge in [-0.2, -0.15) is 0 Å². The molecule has 1 unspecified atom stereocenters. The van der Waals surface area contributed by atoms with Gasteiger partial charge in [0.15, 0.2) is 0 Å². The molecular weight excluding hydrogens is 310 g/mol. The van der Waals surface area contributed by atoms with Crippen molar-refractivity contribution in [3.8, 4) is 0 Å². The minimum atomic E-state index is -3.67. The van der Waals surface area contributed by atoms with Crippen molar-refractivity contribution in [3.63, 3.8) is 0 Å². The second-order valence-corrected chi connectivity index (χ2v) is 7.06. The highest BCUT2D eigenvalue weighted by Gasteiger charge is 2.21. The lowest BCUT2D eigenvalue weighted by atomic mass is 10.1. The molecule has 1 aliphatic heterocycles. The average Bonchev–Trinajstić information content (AvgIpc) is 2.48. The van der Waals surface area contributed by atoms with E-state index in [-0.39, 0.29) is 21.7 Å². The van der Waals surface area contributed by atoms with E-state index in [0.29, 0.717) is 13.0 Å². The van der Waals surface area contributed by atoms with Gasteiger partial charge >= 0.3 is 0 Å². The first-order valence-corrected chi connectivity index (χ1v) is 8.76. The van der Waals surface area contributed by atoms with Crippen molar-refractivity contribution in [2.24, 2.45) is 5.73 Å². The summed E-state index contributed by atoms with van der Waals surface area (Å²) in [6, 6.07) is 2.99. The Morgan fingerprint density at radius 1 is 1.52 bits per heavy atom. The Kier molecular flexibility index (Phi) is 5.63. The second kappa shape index (κ2) is 7.26. The van der Waals surface area contributed by atoms with Crippen molar-refractivity contribution in [1.29, 1.82) is 0 Å². The normalized spacial score (nSPS) is 19.3. The smallest absolute Gasteiger partial charge is 0.242 e. The first kappa shape index (κ1) is 16.3. The molecule has 0 radical (unpaired) electrons. The molecule has 21 heavy (non-hydrogen) atoms. The third kappa shape index (κ3) is 4.44. The number of nitrogens with two attached hydrogens (primary N) is 1. The molecule has 0 saturated carbocycles. The van der Waals surface area contributed by atoms with Crippen LogP contribution in [0.3, 0.4) is 0 Å². The maximum atomic E-state index is 12.3. The predicted molar refractivity (Wildman–Crippen MR) is 83.5 cm³/mol. The molecule has 1 aromatic rings. The molecule has 3 N–H and O–H groups in total. The standard InChI is InChI=1S/C13H19N3O3S2/c14-13(20)12-11(5-3-7-15-12)21(17,18)16-8-6-10-4-1-2-9-19-10/h3,5,7,10,16H,1-2,4,6,8-9H2,(H2,14,20). The van der Waals surface area contributed by atoms with Gasteiger partial charge in [0, 0.05) is 19.3 Å². The van der Waals surface area contributed by atoms with Crippen LogP contribution in [0.5, 0.6) is 0 Å². The van der Waals surface area contributed by atoms with E-state index in [9.17, 15) is 8.42 Å². The number of pyridine rings is 1. The highest BCUT2D eigenvalue weighted by molar-refractivity contribution is 7.89. The molecule has 1 fully saturated rings. The number of aromatic nitrogens is 1. The first-order chi connectivity index (χ1) is 10.0. The Morgan fingerprint density at radius 3 is 3.00 bits per heavy atom. The van der Waals surface area contributed by atoms with Gasteiger partial charge in [-0.1, -0.05) is 12.2 Å². The number of ether oxygens (including phenoxy) is 1. The second-order valence-electron chi connectivity index (χ2n) is 4.89. The Bertz CT molecular complexity index is 598. The van der Waals surface area contributed by atoms with E-state index in [1.807, 2.05) is 0 Å². The van der Waals surface area contributed by atoms with Gasteiger partial charge in [0.25, 0.3) is 0 Å². The van der Waals surface area contributed by atoms with Gasteiger partial charge in [-0.05, 0) is 37.8 Å². The first-order valence-electron chi connectivity index (χ1n) is 6.87. The maximum Gasteiger partial charge on any atom is 0.242 e. The summed E-state index contributed by atoms with van der Waals surface area (Å²) in [5.41, 5.74) is 5.63. The fraction of sp³-hybridized carbons (Fsp3) is 0.538. The molecule has 2 rings (SSSR count). The molecule has 0 bridgehead atoms. The van der Waals surface area contributed by atoms with Crippen molar-refractivity contribution in [1.82, 2.24) is 9.71 Å². The number of hydrogen-bond acceptors (Lipinski definition) is 5. The van der Waals surface area contributed by atoms with E-state index in [0.717, 1.165) is 25.9 Å². The molecule has 6 nitrogen and oxygen atoms in total. The summed E-state index contributed by atoms with van der Waals surface area (Å²) in [5, 5.41) is 0. The van der Waals surface area contributed by atoms with Crippen LogP contribution in [-0.4, -0.2) is 37.6 Å². The molecule has 1 aliphatic rings. The van der Waals surface area contributed by atoms with Gasteiger partial charge in [-0.3, -0.25) is 4.98 Å². The van der Waals surface area contributed by atoms with Crippen molar-refractivity contribution < 1.29 is 13.2 Å². The fourth-order valence-electron chi connectivity index (χ4n) is 2.26. The van der Waals surface area contributed by atoms with Crippen LogP contribution in [0.15, 0.2) is 23.2 Å². The van der Waals surface area contributed by atoms with E-state index in [1.54, 1.807) is 6.07 Å². The molecular formula is C13H19N3O3S2. The molecule has 1 saturated heterocycles. The molecule has 0 aliphatic carbocycles. The Labute approximate surface area is 130 Å². The van der Waals surface area contributed by atoms with Crippen molar-refractivity contribution in [3.05, 3.63) is 24.0 Å². The van der Waals surface area contributed by atoms with Crippen LogP contribution in [0.4, 0.5) is 0 Å². The Balaban J connectivity index is 2.00. The lowest BCUT2D eigenvalue weighted by Crippen LogP contribution is -2.31. The summed E-state index contributed by atoms with van der Waals surface area (Å²) >= 11 is 4.84. The molecule has 1 atom stereocenters. The number of thiocarbonyl (C=S) groups is 1. The molecule has 0 spiro atoms. The third-order valence-corrected chi connectivity index (χ3v) is 5.01. The van der Waals surface area contributed by atoms with Crippen LogP contribution in [0, 0.1) is 0 Å². The predicted octanol–water partition coefficient (Wildman–Crippen LogP) is 0.953. The molecule has 1 aromatic heterocycles. The van der Waals surface area contributed by atoms with Crippen molar-refractivity contribution in [2.75, 3.05) is 13.2 Å². The minimum Gasteiger partial charge on any atom is -0.388 e. The summed E-state index contributed by atoms with van der Waals surface area (Å²) < 4.78 is 32.7. The van der Waals surface area contributed by atoms with Crippen LogP contribution < -0.4 is 10.5 Å². The summed E-state index contributed by atoms with van der Waals surface area (Å²) in [5.74, 6) is 0. The van der Waals surface area contributed by atoms with Crippen LogP contribution >= 0.6 is 12.2 Å². The monoisotopic (exact) mass is 329 g/mol. The topological polar surface area (TPSA) is 94.3 Å². The lowest BCUT2D eigenvalue weighted by molar-refractivity contribution is 0.0123. The van der Waals surface area contributed by atoms with Crippen molar-refractivity contribution in [2.45, 2.75) is 36.7 Å². The molecule has 8 heteroatoms. The third-order valence-electron chi connectivity index (χ3n) is 3.33. The van der Waals surface area contributed by atoms with Crippen LogP contribution in [0.25, 0.3) is 0 Å². The molecule has 2 heterocycles. The number of hydrogen-bond donors (Lipinski definition) is 2. The highest BCUT2D eigenvalue weighted by Crippen LogP contribution is 2.16. The fourth-order valence-corrected chi connectivity index (χ4v) is 3.70. The minimum absolute atomic E-state index is 0.0158. The summed E-state index contributed by atoms with van der Waals surface area (Å²) in [7, 11) is -3.67. The largest absolute Gasteiger partial charge is 0.388 e. The van der Waals surface area contributed by atoms with Gasteiger partial charge in [-0.25, -0.2) is 13.1 Å². The van der Waals surface area contributed by atoms with Gasteiger partial charge in [0.2, 0.25) is 10.0 Å². The zero-order valence-corrected chi connectivity index (χ0v) is 13.3. The average molecular weight is 329 g/mol. The SMILES string of the molecule is NC(=S)c1ncccc1S(=O)(=O)NCCC1CCCCO1. The van der Waals surface area contributed by atoms with Gasteiger partial charge in [0.1, 0.15) is 15.6 Å². The van der Waals surface area contributed by atoms with Crippen LogP contribution in [0.1, 0.15) is 31.4 Å². The number of nitrogens with zero attached hydrogens (tertiary/aromatic N) is 1. The van der Waals surface area contributed by atoms with E-state index in [2.05, 4.69) is 9.71 Å².